The Morgan fingerprint density at radius 3 is 2.89 bits per heavy atom. The van der Waals surface area contributed by atoms with Gasteiger partial charge in [-0.25, -0.2) is 0 Å². The van der Waals surface area contributed by atoms with E-state index in [1.165, 1.54) is 0 Å². The van der Waals surface area contributed by atoms with Gasteiger partial charge in [-0.05, 0) is 31.2 Å². The monoisotopic (exact) mass is 245 g/mol. The first-order valence-electron chi connectivity index (χ1n) is 5.77. The van der Waals surface area contributed by atoms with E-state index < -0.39 is 0 Å². The number of aromatic hydroxyl groups is 1. The van der Waals surface area contributed by atoms with Gasteiger partial charge in [-0.2, -0.15) is 0 Å². The van der Waals surface area contributed by atoms with Crippen molar-refractivity contribution in [3.05, 3.63) is 53.5 Å². The third-order valence-corrected chi connectivity index (χ3v) is 2.79. The standard InChI is InChI=1S/C14H15NO3/c1-10-12(5-2-6-13(10)16)14(17)15-8-7-11-4-3-9-18-11/h2-6,9,16H,7-8H2,1H3,(H,15,17). The van der Waals surface area contributed by atoms with E-state index in [9.17, 15) is 9.90 Å². The van der Waals surface area contributed by atoms with Gasteiger partial charge in [0.1, 0.15) is 11.5 Å². The zero-order valence-electron chi connectivity index (χ0n) is 10.1. The van der Waals surface area contributed by atoms with Crippen molar-refractivity contribution in [2.45, 2.75) is 13.3 Å². The summed E-state index contributed by atoms with van der Waals surface area (Å²) >= 11 is 0. The number of hydrogen-bond donors (Lipinski definition) is 2. The Kier molecular flexibility index (Phi) is 3.67. The average molecular weight is 245 g/mol. The van der Waals surface area contributed by atoms with E-state index in [4.69, 9.17) is 4.42 Å². The highest BCUT2D eigenvalue weighted by Gasteiger charge is 2.10. The Bertz CT molecular complexity index is 532. The van der Waals surface area contributed by atoms with Crippen LogP contribution in [0.2, 0.25) is 0 Å². The molecule has 0 fully saturated rings. The summed E-state index contributed by atoms with van der Waals surface area (Å²) in [5.74, 6) is 0.784. The molecule has 0 radical (unpaired) electrons. The lowest BCUT2D eigenvalue weighted by molar-refractivity contribution is 0.0952. The predicted octanol–water partition coefficient (Wildman–Crippen LogP) is 2.27. The summed E-state index contributed by atoms with van der Waals surface area (Å²) < 4.78 is 5.17. The minimum atomic E-state index is -0.185. The Hall–Kier alpha value is -2.23. The maximum atomic E-state index is 11.9. The molecule has 0 atom stereocenters. The molecule has 1 aromatic carbocycles. The molecule has 4 heteroatoms. The molecule has 0 saturated carbocycles. The topological polar surface area (TPSA) is 62.5 Å². The SMILES string of the molecule is Cc1c(O)cccc1C(=O)NCCc1ccco1. The molecule has 0 aliphatic heterocycles. The molecule has 4 nitrogen and oxygen atoms in total. The van der Waals surface area contributed by atoms with Crippen LogP contribution in [-0.4, -0.2) is 17.6 Å². The van der Waals surface area contributed by atoms with E-state index >= 15 is 0 Å². The number of carbonyl (C=O) groups excluding carboxylic acids is 1. The average Bonchev–Trinajstić information content (AvgIpc) is 2.85. The number of rotatable bonds is 4. The van der Waals surface area contributed by atoms with E-state index in [0.29, 0.717) is 24.1 Å². The molecule has 1 amide bonds. The number of benzene rings is 1. The first kappa shape index (κ1) is 12.2. The van der Waals surface area contributed by atoms with E-state index in [2.05, 4.69) is 5.32 Å². The van der Waals surface area contributed by atoms with Crippen LogP contribution in [0.5, 0.6) is 5.75 Å². The maximum Gasteiger partial charge on any atom is 0.251 e. The van der Waals surface area contributed by atoms with Crippen molar-refractivity contribution >= 4 is 5.91 Å². The lowest BCUT2D eigenvalue weighted by atomic mass is 10.1. The summed E-state index contributed by atoms with van der Waals surface area (Å²) in [4.78, 5) is 11.9. The molecule has 0 spiro atoms. The number of phenols is 1. The van der Waals surface area contributed by atoms with E-state index in [0.717, 1.165) is 5.76 Å². The summed E-state index contributed by atoms with van der Waals surface area (Å²) in [6, 6.07) is 8.60. The van der Waals surface area contributed by atoms with Gasteiger partial charge in [0.25, 0.3) is 5.91 Å². The highest BCUT2D eigenvalue weighted by Crippen LogP contribution is 2.19. The molecule has 0 bridgehead atoms. The van der Waals surface area contributed by atoms with Crippen LogP contribution in [0.4, 0.5) is 0 Å². The van der Waals surface area contributed by atoms with Crippen LogP contribution in [0.25, 0.3) is 0 Å². The molecule has 0 aliphatic carbocycles. The molecular weight excluding hydrogens is 230 g/mol. The van der Waals surface area contributed by atoms with Crippen molar-refractivity contribution in [3.8, 4) is 5.75 Å². The predicted molar refractivity (Wildman–Crippen MR) is 67.6 cm³/mol. The van der Waals surface area contributed by atoms with Crippen LogP contribution in [-0.2, 0) is 6.42 Å². The number of amides is 1. The van der Waals surface area contributed by atoms with Gasteiger partial charge in [0.05, 0.1) is 6.26 Å². The van der Waals surface area contributed by atoms with Crippen molar-refractivity contribution in [1.29, 1.82) is 0 Å². The smallest absolute Gasteiger partial charge is 0.251 e. The number of carbonyl (C=O) groups is 1. The Morgan fingerprint density at radius 2 is 2.17 bits per heavy atom. The third-order valence-electron chi connectivity index (χ3n) is 2.79. The number of furan rings is 1. The second kappa shape index (κ2) is 5.40. The summed E-state index contributed by atoms with van der Waals surface area (Å²) in [7, 11) is 0. The van der Waals surface area contributed by atoms with E-state index in [1.807, 2.05) is 12.1 Å². The number of hydrogen-bond acceptors (Lipinski definition) is 3. The van der Waals surface area contributed by atoms with E-state index in [-0.39, 0.29) is 11.7 Å². The van der Waals surface area contributed by atoms with Crippen molar-refractivity contribution in [2.24, 2.45) is 0 Å². The van der Waals surface area contributed by atoms with E-state index in [1.54, 1.807) is 31.4 Å². The molecule has 0 unspecified atom stereocenters. The van der Waals surface area contributed by atoms with Crippen LogP contribution in [0.15, 0.2) is 41.0 Å². The number of phenolic OH excluding ortho intramolecular Hbond substituents is 1. The molecule has 0 aliphatic rings. The zero-order chi connectivity index (χ0) is 13.0. The lowest BCUT2D eigenvalue weighted by Crippen LogP contribution is -2.26. The summed E-state index contributed by atoms with van der Waals surface area (Å²) in [6.45, 7) is 2.22. The summed E-state index contributed by atoms with van der Waals surface area (Å²) in [6.07, 6.45) is 2.26. The molecular formula is C14H15NO3. The molecule has 18 heavy (non-hydrogen) atoms. The van der Waals surface area contributed by atoms with Gasteiger partial charge < -0.3 is 14.8 Å². The highest BCUT2D eigenvalue weighted by atomic mass is 16.3. The fraction of sp³-hybridized carbons (Fsp3) is 0.214. The molecule has 2 aromatic rings. The molecule has 0 saturated heterocycles. The summed E-state index contributed by atoms with van der Waals surface area (Å²) in [5.41, 5.74) is 1.09. The minimum Gasteiger partial charge on any atom is -0.508 e. The first-order chi connectivity index (χ1) is 8.68. The molecule has 1 aromatic heterocycles. The molecule has 1 heterocycles. The third kappa shape index (κ3) is 2.71. The fourth-order valence-corrected chi connectivity index (χ4v) is 1.72. The van der Waals surface area contributed by atoms with Crippen molar-refractivity contribution in [1.82, 2.24) is 5.32 Å². The first-order valence-corrected chi connectivity index (χ1v) is 5.77. The summed E-state index contributed by atoms with van der Waals surface area (Å²) in [5, 5.41) is 12.3. The van der Waals surface area contributed by atoms with Gasteiger partial charge >= 0.3 is 0 Å². The van der Waals surface area contributed by atoms with Crippen LogP contribution in [0, 0.1) is 6.92 Å². The lowest BCUT2D eigenvalue weighted by Gasteiger charge is -2.08. The van der Waals surface area contributed by atoms with Crippen molar-refractivity contribution in [2.75, 3.05) is 6.54 Å². The van der Waals surface area contributed by atoms with Crippen LogP contribution < -0.4 is 5.32 Å². The van der Waals surface area contributed by atoms with Crippen LogP contribution in [0.3, 0.4) is 0 Å². The number of nitrogens with one attached hydrogen (secondary N) is 1. The normalized spacial score (nSPS) is 10.3. The Labute approximate surface area is 105 Å². The van der Waals surface area contributed by atoms with Gasteiger partial charge in [-0.1, -0.05) is 6.07 Å². The van der Waals surface area contributed by atoms with Crippen LogP contribution >= 0.6 is 0 Å². The maximum absolute atomic E-state index is 11.9. The van der Waals surface area contributed by atoms with Gasteiger partial charge in [-0.3, -0.25) is 4.79 Å². The Balaban J connectivity index is 1.93. The van der Waals surface area contributed by atoms with Crippen molar-refractivity contribution in [3.63, 3.8) is 0 Å². The van der Waals surface area contributed by atoms with Crippen molar-refractivity contribution < 1.29 is 14.3 Å². The second-order valence-corrected chi connectivity index (χ2v) is 4.03. The largest absolute Gasteiger partial charge is 0.508 e. The van der Waals surface area contributed by atoms with Gasteiger partial charge in [-0.15, -0.1) is 0 Å². The molecule has 2 rings (SSSR count). The van der Waals surface area contributed by atoms with Gasteiger partial charge in [0.2, 0.25) is 0 Å². The van der Waals surface area contributed by atoms with Gasteiger partial charge in [0, 0.05) is 24.1 Å². The minimum absolute atomic E-state index is 0.133. The second-order valence-electron chi connectivity index (χ2n) is 4.03. The zero-order valence-corrected chi connectivity index (χ0v) is 10.1. The van der Waals surface area contributed by atoms with Crippen LogP contribution in [0.1, 0.15) is 21.7 Å². The quantitative estimate of drug-likeness (QED) is 0.868. The van der Waals surface area contributed by atoms with Gasteiger partial charge in [0.15, 0.2) is 0 Å². The Morgan fingerprint density at radius 1 is 1.33 bits per heavy atom. The fourth-order valence-electron chi connectivity index (χ4n) is 1.72. The molecule has 2 N–H and O–H groups in total. The molecule has 94 valence electrons. The highest BCUT2D eigenvalue weighted by molar-refractivity contribution is 5.96.